The Balaban J connectivity index is 2.02. The van der Waals surface area contributed by atoms with Gasteiger partial charge >= 0.3 is 0 Å². The van der Waals surface area contributed by atoms with Gasteiger partial charge in [0.2, 0.25) is 6.79 Å². The molecule has 2 aliphatic rings. The summed E-state index contributed by atoms with van der Waals surface area (Å²) in [6.07, 6.45) is 1.03. The molecule has 2 heterocycles. The molecule has 2 aliphatic heterocycles. The summed E-state index contributed by atoms with van der Waals surface area (Å²) in [5, 5.41) is 0. The van der Waals surface area contributed by atoms with Crippen molar-refractivity contribution < 1.29 is 14.2 Å². The lowest BCUT2D eigenvalue weighted by atomic mass is 9.98. The van der Waals surface area contributed by atoms with Crippen LogP contribution in [0.3, 0.4) is 0 Å². The van der Waals surface area contributed by atoms with E-state index in [1.54, 1.807) is 7.11 Å². The number of benzene rings is 1. The summed E-state index contributed by atoms with van der Waals surface area (Å²) in [4.78, 5) is 2.32. The first kappa shape index (κ1) is 12.6. The van der Waals surface area contributed by atoms with Gasteiger partial charge in [-0.3, -0.25) is 4.90 Å². The van der Waals surface area contributed by atoms with Crippen LogP contribution in [0.15, 0.2) is 12.1 Å². The maximum Gasteiger partial charge on any atom is 0.231 e. The summed E-state index contributed by atoms with van der Waals surface area (Å²) in [5.41, 5.74) is 6.90. The van der Waals surface area contributed by atoms with E-state index in [1.165, 1.54) is 0 Å². The predicted molar refractivity (Wildman–Crippen MR) is 71.6 cm³/mol. The number of hydrogen-bond donors (Lipinski definition) is 1. The van der Waals surface area contributed by atoms with Crippen LogP contribution in [0.1, 0.15) is 18.0 Å². The van der Waals surface area contributed by atoms with Crippen LogP contribution in [0.25, 0.3) is 0 Å². The van der Waals surface area contributed by atoms with E-state index in [0.29, 0.717) is 5.92 Å². The van der Waals surface area contributed by atoms with Crippen LogP contribution in [0.2, 0.25) is 0 Å². The molecular formula is C14H20N2O3. The fourth-order valence-corrected chi connectivity index (χ4v) is 3.08. The number of likely N-dealkylation sites (tertiary alicyclic amines) is 1. The SMILES string of the molecule is COc1ccc2c(c1C1CC(CN)CN1C)OCO2. The minimum absolute atomic E-state index is 0.278. The molecule has 1 aromatic carbocycles. The highest BCUT2D eigenvalue weighted by Gasteiger charge is 2.36. The maximum absolute atomic E-state index is 5.81. The van der Waals surface area contributed by atoms with Crippen molar-refractivity contribution in [2.24, 2.45) is 11.7 Å². The molecule has 5 heteroatoms. The Hall–Kier alpha value is -1.46. The van der Waals surface area contributed by atoms with Crippen LogP contribution >= 0.6 is 0 Å². The molecule has 0 amide bonds. The van der Waals surface area contributed by atoms with E-state index in [9.17, 15) is 0 Å². The molecule has 1 aromatic rings. The number of methoxy groups -OCH3 is 1. The highest BCUT2D eigenvalue weighted by Crippen LogP contribution is 2.48. The molecule has 0 spiro atoms. The van der Waals surface area contributed by atoms with Gasteiger partial charge in [0.05, 0.1) is 12.7 Å². The van der Waals surface area contributed by atoms with Crippen molar-refractivity contribution in [2.45, 2.75) is 12.5 Å². The van der Waals surface area contributed by atoms with Gasteiger partial charge in [0.1, 0.15) is 5.75 Å². The van der Waals surface area contributed by atoms with Crippen LogP contribution in [0.5, 0.6) is 17.2 Å². The third-order valence-electron chi connectivity index (χ3n) is 4.06. The second-order valence-corrected chi connectivity index (χ2v) is 5.21. The van der Waals surface area contributed by atoms with E-state index in [1.807, 2.05) is 12.1 Å². The topological polar surface area (TPSA) is 57.0 Å². The van der Waals surface area contributed by atoms with Gasteiger partial charge in [-0.15, -0.1) is 0 Å². The molecule has 0 radical (unpaired) electrons. The normalized spacial score (nSPS) is 25.8. The number of rotatable bonds is 3. The van der Waals surface area contributed by atoms with E-state index in [2.05, 4.69) is 11.9 Å². The quantitative estimate of drug-likeness (QED) is 0.893. The third kappa shape index (κ3) is 2.03. The van der Waals surface area contributed by atoms with Crippen molar-refractivity contribution in [2.75, 3.05) is 34.0 Å². The average molecular weight is 264 g/mol. The zero-order valence-electron chi connectivity index (χ0n) is 11.4. The summed E-state index contributed by atoms with van der Waals surface area (Å²) < 4.78 is 16.6. The smallest absolute Gasteiger partial charge is 0.231 e. The Morgan fingerprint density at radius 3 is 2.95 bits per heavy atom. The monoisotopic (exact) mass is 264 g/mol. The molecule has 0 aliphatic carbocycles. The highest BCUT2D eigenvalue weighted by molar-refractivity contribution is 5.56. The van der Waals surface area contributed by atoms with Gasteiger partial charge < -0.3 is 19.9 Å². The van der Waals surface area contributed by atoms with Crippen LogP contribution in [-0.2, 0) is 0 Å². The Labute approximate surface area is 113 Å². The summed E-state index contributed by atoms with van der Waals surface area (Å²) in [5.74, 6) is 3.02. The van der Waals surface area contributed by atoms with Crippen LogP contribution in [0.4, 0.5) is 0 Å². The summed E-state index contributed by atoms with van der Waals surface area (Å²) in [6.45, 7) is 2.01. The summed E-state index contributed by atoms with van der Waals surface area (Å²) >= 11 is 0. The van der Waals surface area contributed by atoms with Crippen LogP contribution in [-0.4, -0.2) is 38.9 Å². The number of fused-ring (bicyclic) bond motifs is 1. The van der Waals surface area contributed by atoms with Gasteiger partial charge in [0.25, 0.3) is 0 Å². The van der Waals surface area contributed by atoms with Gasteiger partial charge in [0.15, 0.2) is 11.5 Å². The van der Waals surface area contributed by atoms with Gasteiger partial charge in [-0.05, 0) is 38.1 Å². The molecule has 104 valence electrons. The molecule has 2 atom stereocenters. The standard InChI is InChI=1S/C14H20N2O3/c1-16-7-9(6-15)5-10(16)13-11(17-2)3-4-12-14(13)19-8-18-12/h3-4,9-10H,5-8,15H2,1-2H3. The number of nitrogens with zero attached hydrogens (tertiary/aromatic N) is 1. The average Bonchev–Trinajstić information content (AvgIpc) is 3.03. The molecule has 1 fully saturated rings. The van der Waals surface area contributed by atoms with E-state index >= 15 is 0 Å². The Morgan fingerprint density at radius 1 is 1.42 bits per heavy atom. The molecule has 2 N–H and O–H groups in total. The van der Waals surface area contributed by atoms with E-state index in [4.69, 9.17) is 19.9 Å². The highest BCUT2D eigenvalue weighted by atomic mass is 16.7. The zero-order chi connectivity index (χ0) is 13.4. The number of ether oxygens (including phenoxy) is 3. The fourth-order valence-electron chi connectivity index (χ4n) is 3.08. The fraction of sp³-hybridized carbons (Fsp3) is 0.571. The number of hydrogen-bond acceptors (Lipinski definition) is 5. The first-order valence-electron chi connectivity index (χ1n) is 6.61. The Kier molecular flexibility index (Phi) is 3.24. The van der Waals surface area contributed by atoms with Crippen molar-refractivity contribution in [1.29, 1.82) is 0 Å². The molecule has 19 heavy (non-hydrogen) atoms. The second kappa shape index (κ2) is 4.90. The number of nitrogens with two attached hydrogens (primary N) is 1. The molecule has 1 saturated heterocycles. The molecule has 5 nitrogen and oxygen atoms in total. The summed E-state index contributed by atoms with van der Waals surface area (Å²) in [6, 6.07) is 4.13. The maximum atomic E-state index is 5.81. The molecule has 0 saturated carbocycles. The van der Waals surface area contributed by atoms with Crippen molar-refractivity contribution in [1.82, 2.24) is 4.90 Å². The van der Waals surface area contributed by atoms with Crippen LogP contribution in [0, 0.1) is 5.92 Å². The molecule has 0 bridgehead atoms. The predicted octanol–water partition coefficient (Wildman–Crippen LogP) is 1.38. The van der Waals surface area contributed by atoms with Crippen molar-refractivity contribution >= 4 is 0 Å². The minimum atomic E-state index is 0.278. The first-order chi connectivity index (χ1) is 9.24. The van der Waals surface area contributed by atoms with Gasteiger partial charge in [-0.25, -0.2) is 0 Å². The van der Waals surface area contributed by atoms with Gasteiger partial charge in [-0.2, -0.15) is 0 Å². The van der Waals surface area contributed by atoms with E-state index in [-0.39, 0.29) is 12.8 Å². The van der Waals surface area contributed by atoms with E-state index in [0.717, 1.165) is 42.3 Å². The van der Waals surface area contributed by atoms with Gasteiger partial charge in [-0.1, -0.05) is 0 Å². The zero-order valence-corrected chi connectivity index (χ0v) is 11.4. The minimum Gasteiger partial charge on any atom is -0.496 e. The second-order valence-electron chi connectivity index (χ2n) is 5.21. The van der Waals surface area contributed by atoms with Crippen molar-refractivity contribution in [3.05, 3.63) is 17.7 Å². The van der Waals surface area contributed by atoms with Crippen LogP contribution < -0.4 is 19.9 Å². The molecule has 3 rings (SSSR count). The summed E-state index contributed by atoms with van der Waals surface area (Å²) in [7, 11) is 3.81. The molecule has 2 unspecified atom stereocenters. The first-order valence-corrected chi connectivity index (χ1v) is 6.61. The molecular weight excluding hydrogens is 244 g/mol. The Morgan fingerprint density at radius 2 is 2.26 bits per heavy atom. The van der Waals surface area contributed by atoms with Crippen molar-refractivity contribution in [3.63, 3.8) is 0 Å². The lowest BCUT2D eigenvalue weighted by Crippen LogP contribution is -2.21. The largest absolute Gasteiger partial charge is 0.496 e. The molecule has 0 aromatic heterocycles. The lowest BCUT2D eigenvalue weighted by Gasteiger charge is -2.23. The van der Waals surface area contributed by atoms with Crippen molar-refractivity contribution in [3.8, 4) is 17.2 Å². The van der Waals surface area contributed by atoms with Gasteiger partial charge in [0, 0.05) is 12.6 Å². The lowest BCUT2D eigenvalue weighted by molar-refractivity contribution is 0.171. The third-order valence-corrected chi connectivity index (χ3v) is 4.06. The van der Waals surface area contributed by atoms with E-state index < -0.39 is 0 Å². The Bertz CT molecular complexity index is 478.